The number of hydrogen-bond acceptors (Lipinski definition) is 4. The second-order valence-corrected chi connectivity index (χ2v) is 8.65. The topological polar surface area (TPSA) is 26.8 Å². The molecule has 25 heavy (non-hydrogen) atoms. The van der Waals surface area contributed by atoms with Gasteiger partial charge in [-0.15, -0.1) is 0 Å². The van der Waals surface area contributed by atoms with Crippen molar-refractivity contribution in [2.24, 2.45) is 0 Å². The first-order valence-electron chi connectivity index (χ1n) is 9.40. The van der Waals surface area contributed by atoms with Crippen LogP contribution in [0.3, 0.4) is 0 Å². The minimum atomic E-state index is -0.177. The van der Waals surface area contributed by atoms with Gasteiger partial charge in [0.15, 0.2) is 0 Å². The predicted octanol–water partition coefficient (Wildman–Crippen LogP) is 2.64. The van der Waals surface area contributed by atoms with E-state index in [1.54, 1.807) is 0 Å². The fraction of sp³-hybridized carbons (Fsp3) is 0.650. The molecular formula is C20H31N3OS. The molecule has 0 aromatic heterocycles. The Hall–Kier alpha value is -1.04. The lowest BCUT2D eigenvalue weighted by atomic mass is 9.97. The van der Waals surface area contributed by atoms with Crippen LogP contribution in [0, 0.1) is 6.92 Å². The Morgan fingerprint density at radius 2 is 1.76 bits per heavy atom. The van der Waals surface area contributed by atoms with Gasteiger partial charge in [0.2, 0.25) is 5.91 Å². The molecule has 1 aromatic carbocycles. The fourth-order valence-electron chi connectivity index (χ4n) is 4.09. The average Bonchev–Trinajstić information content (AvgIpc) is 2.64. The van der Waals surface area contributed by atoms with E-state index in [-0.39, 0.29) is 11.9 Å². The summed E-state index contributed by atoms with van der Waals surface area (Å²) in [5.41, 5.74) is 2.32. The van der Waals surface area contributed by atoms with Gasteiger partial charge in [0, 0.05) is 43.7 Å². The standard InChI is InChI=1S/C20H31N3OS/c1-16-6-4-5-7-18(16)19(21(2)3)20(24)23-10-8-17(9-11-23)22-12-14-25-15-13-22/h4-7,17,19H,8-15H2,1-3H3/t19-/m1/s1. The summed E-state index contributed by atoms with van der Waals surface area (Å²) < 4.78 is 0. The number of amides is 1. The summed E-state index contributed by atoms with van der Waals surface area (Å²) in [6.45, 7) is 6.31. The summed E-state index contributed by atoms with van der Waals surface area (Å²) >= 11 is 2.06. The second-order valence-electron chi connectivity index (χ2n) is 7.43. The fourth-order valence-corrected chi connectivity index (χ4v) is 5.02. The van der Waals surface area contributed by atoms with Gasteiger partial charge in [0.05, 0.1) is 0 Å². The molecular weight excluding hydrogens is 330 g/mol. The highest BCUT2D eigenvalue weighted by molar-refractivity contribution is 7.99. The van der Waals surface area contributed by atoms with Crippen LogP contribution >= 0.6 is 11.8 Å². The van der Waals surface area contributed by atoms with Crippen LogP contribution in [0.4, 0.5) is 0 Å². The number of nitrogens with zero attached hydrogens (tertiary/aromatic N) is 3. The predicted molar refractivity (Wildman–Crippen MR) is 106 cm³/mol. The van der Waals surface area contributed by atoms with Gasteiger partial charge in [-0.25, -0.2) is 0 Å². The zero-order valence-electron chi connectivity index (χ0n) is 15.8. The molecule has 2 aliphatic heterocycles. The van der Waals surface area contributed by atoms with Crippen molar-refractivity contribution in [3.05, 3.63) is 35.4 Å². The van der Waals surface area contributed by atoms with Crippen molar-refractivity contribution in [3.63, 3.8) is 0 Å². The van der Waals surface area contributed by atoms with Crippen molar-refractivity contribution >= 4 is 17.7 Å². The molecule has 0 unspecified atom stereocenters. The average molecular weight is 362 g/mol. The monoisotopic (exact) mass is 361 g/mol. The van der Waals surface area contributed by atoms with Crippen LogP contribution in [-0.2, 0) is 4.79 Å². The zero-order chi connectivity index (χ0) is 17.8. The van der Waals surface area contributed by atoms with E-state index >= 15 is 0 Å². The van der Waals surface area contributed by atoms with Gasteiger partial charge >= 0.3 is 0 Å². The highest BCUT2D eigenvalue weighted by Gasteiger charge is 2.33. The van der Waals surface area contributed by atoms with Crippen LogP contribution in [0.1, 0.15) is 30.0 Å². The van der Waals surface area contributed by atoms with E-state index in [4.69, 9.17) is 0 Å². The Kier molecular flexibility index (Phi) is 6.42. The number of likely N-dealkylation sites (N-methyl/N-ethyl adjacent to an activating group) is 1. The highest BCUT2D eigenvalue weighted by atomic mass is 32.2. The van der Waals surface area contributed by atoms with Crippen molar-refractivity contribution < 1.29 is 4.79 Å². The number of rotatable bonds is 4. The van der Waals surface area contributed by atoms with Gasteiger partial charge in [0.1, 0.15) is 6.04 Å². The molecule has 2 heterocycles. The Bertz CT molecular complexity index is 578. The Labute approximate surface area is 156 Å². The van der Waals surface area contributed by atoms with Crippen LogP contribution in [0.5, 0.6) is 0 Å². The third-order valence-electron chi connectivity index (χ3n) is 5.57. The molecule has 4 nitrogen and oxygen atoms in total. The van der Waals surface area contributed by atoms with Gasteiger partial charge in [0.25, 0.3) is 0 Å². The summed E-state index contributed by atoms with van der Waals surface area (Å²) in [6.07, 6.45) is 2.23. The number of carbonyl (C=O) groups excluding carboxylic acids is 1. The van der Waals surface area contributed by atoms with E-state index in [1.807, 2.05) is 26.2 Å². The first-order valence-corrected chi connectivity index (χ1v) is 10.6. The van der Waals surface area contributed by atoms with Crippen LogP contribution in [0.15, 0.2) is 24.3 Å². The van der Waals surface area contributed by atoms with Crippen molar-refractivity contribution in [2.45, 2.75) is 31.8 Å². The molecule has 0 aliphatic carbocycles. The largest absolute Gasteiger partial charge is 0.341 e. The molecule has 2 aliphatic rings. The molecule has 5 heteroatoms. The van der Waals surface area contributed by atoms with E-state index < -0.39 is 0 Å². The molecule has 1 aromatic rings. The van der Waals surface area contributed by atoms with Gasteiger partial charge in [-0.2, -0.15) is 11.8 Å². The number of hydrogen-bond donors (Lipinski definition) is 0. The van der Waals surface area contributed by atoms with Crippen molar-refractivity contribution in [1.82, 2.24) is 14.7 Å². The normalized spacial score (nSPS) is 21.5. The molecule has 0 radical (unpaired) electrons. The molecule has 2 fully saturated rings. The second kappa shape index (κ2) is 8.56. The number of carbonyl (C=O) groups is 1. The van der Waals surface area contributed by atoms with Crippen LogP contribution < -0.4 is 0 Å². The molecule has 1 amide bonds. The summed E-state index contributed by atoms with van der Waals surface area (Å²) in [5.74, 6) is 2.77. The van der Waals surface area contributed by atoms with E-state index in [0.717, 1.165) is 31.5 Å². The Morgan fingerprint density at radius 1 is 1.12 bits per heavy atom. The SMILES string of the molecule is Cc1ccccc1[C@H](C(=O)N1CCC(N2CCSCC2)CC1)N(C)C. The summed E-state index contributed by atoms with van der Waals surface area (Å²) in [5, 5.41) is 0. The van der Waals surface area contributed by atoms with Gasteiger partial charge < -0.3 is 4.90 Å². The van der Waals surface area contributed by atoms with Crippen molar-refractivity contribution in [2.75, 3.05) is 51.8 Å². The smallest absolute Gasteiger partial charge is 0.244 e. The zero-order valence-corrected chi connectivity index (χ0v) is 16.6. The molecule has 3 rings (SSSR count). The van der Waals surface area contributed by atoms with E-state index in [9.17, 15) is 4.79 Å². The van der Waals surface area contributed by atoms with Crippen LogP contribution in [-0.4, -0.2) is 78.4 Å². The van der Waals surface area contributed by atoms with Gasteiger partial charge in [-0.1, -0.05) is 24.3 Å². The lowest BCUT2D eigenvalue weighted by Crippen LogP contribution is -2.51. The lowest BCUT2D eigenvalue weighted by molar-refractivity contribution is -0.138. The highest BCUT2D eigenvalue weighted by Crippen LogP contribution is 2.27. The molecule has 138 valence electrons. The summed E-state index contributed by atoms with van der Waals surface area (Å²) in [7, 11) is 4.01. The maximum absolute atomic E-state index is 13.2. The minimum Gasteiger partial charge on any atom is -0.341 e. The van der Waals surface area contributed by atoms with Gasteiger partial charge in [-0.05, 0) is 45.0 Å². The first-order chi connectivity index (χ1) is 12.1. The molecule has 1 atom stereocenters. The molecule has 2 saturated heterocycles. The van der Waals surface area contributed by atoms with Crippen molar-refractivity contribution in [3.8, 4) is 0 Å². The van der Waals surface area contributed by atoms with E-state index in [0.29, 0.717) is 6.04 Å². The number of benzene rings is 1. The minimum absolute atomic E-state index is 0.177. The molecule has 0 bridgehead atoms. The quantitative estimate of drug-likeness (QED) is 0.824. The van der Waals surface area contributed by atoms with Crippen molar-refractivity contribution in [1.29, 1.82) is 0 Å². The Morgan fingerprint density at radius 3 is 2.36 bits per heavy atom. The molecule has 0 spiro atoms. The molecule has 0 saturated carbocycles. The summed E-state index contributed by atoms with van der Waals surface area (Å²) in [6, 6.07) is 8.76. The third-order valence-corrected chi connectivity index (χ3v) is 6.51. The maximum atomic E-state index is 13.2. The van der Waals surface area contributed by atoms with Gasteiger partial charge in [-0.3, -0.25) is 14.6 Å². The van der Waals surface area contributed by atoms with Crippen LogP contribution in [0.2, 0.25) is 0 Å². The number of piperidine rings is 1. The van der Waals surface area contributed by atoms with E-state index in [2.05, 4.69) is 45.5 Å². The third kappa shape index (κ3) is 4.39. The number of likely N-dealkylation sites (tertiary alicyclic amines) is 1. The lowest BCUT2D eigenvalue weighted by Gasteiger charge is -2.41. The van der Waals surface area contributed by atoms with E-state index in [1.165, 1.54) is 30.2 Å². The first kappa shape index (κ1) is 18.7. The molecule has 0 N–H and O–H groups in total. The number of aryl methyl sites for hydroxylation is 1. The Balaban J connectivity index is 1.65. The maximum Gasteiger partial charge on any atom is 0.244 e. The number of thioether (sulfide) groups is 1. The summed E-state index contributed by atoms with van der Waals surface area (Å²) in [4.78, 5) is 20.0. The van der Waals surface area contributed by atoms with Crippen LogP contribution in [0.25, 0.3) is 0 Å².